The molecule has 4 rings (SSSR count). The minimum Gasteiger partial charge on any atom is -0.454 e. The van der Waals surface area contributed by atoms with Gasteiger partial charge < -0.3 is 19.7 Å². The zero-order valence-electron chi connectivity index (χ0n) is 18.5. The molecule has 1 fully saturated rings. The fraction of sp³-hybridized carbons (Fsp3) is 0.333. The summed E-state index contributed by atoms with van der Waals surface area (Å²) < 4.78 is 10.8. The highest BCUT2D eigenvalue weighted by Gasteiger charge is 2.44. The molecule has 0 spiro atoms. The number of benzene rings is 2. The molecule has 4 amide bonds. The van der Waals surface area contributed by atoms with Gasteiger partial charge in [0.15, 0.2) is 11.5 Å². The van der Waals surface area contributed by atoms with Crippen molar-refractivity contribution in [3.05, 3.63) is 48.0 Å². The number of nitrogens with one attached hydrogen (secondary N) is 1. The topological polar surface area (TPSA) is 105 Å². The normalized spacial score (nSPS) is 16.8. The van der Waals surface area contributed by atoms with Gasteiger partial charge in [-0.2, -0.15) is 0 Å². The number of imide groups is 1. The van der Waals surface area contributed by atoms with Crippen LogP contribution in [0.2, 0.25) is 0 Å². The van der Waals surface area contributed by atoms with Crippen molar-refractivity contribution in [2.45, 2.75) is 45.7 Å². The summed E-state index contributed by atoms with van der Waals surface area (Å²) in [7, 11) is 0. The van der Waals surface area contributed by atoms with Crippen molar-refractivity contribution in [3.8, 4) is 11.5 Å². The first-order valence-corrected chi connectivity index (χ1v) is 10.8. The van der Waals surface area contributed by atoms with Crippen LogP contribution in [0.4, 0.5) is 11.4 Å². The van der Waals surface area contributed by atoms with Gasteiger partial charge in [0.2, 0.25) is 24.5 Å². The third kappa shape index (κ3) is 4.67. The molecule has 33 heavy (non-hydrogen) atoms. The number of carbonyl (C=O) groups excluding carboxylic acids is 4. The van der Waals surface area contributed by atoms with Crippen LogP contribution in [0.1, 0.15) is 38.7 Å². The van der Waals surface area contributed by atoms with Crippen molar-refractivity contribution in [1.82, 2.24) is 4.90 Å². The van der Waals surface area contributed by atoms with Crippen molar-refractivity contribution in [1.29, 1.82) is 0 Å². The summed E-state index contributed by atoms with van der Waals surface area (Å²) in [4.78, 5) is 52.9. The first-order chi connectivity index (χ1) is 15.9. The number of nitrogens with zero attached hydrogens (tertiary/aromatic N) is 2. The fourth-order valence-corrected chi connectivity index (χ4v) is 3.99. The maximum absolute atomic E-state index is 13.3. The van der Waals surface area contributed by atoms with Crippen LogP contribution in [0.15, 0.2) is 42.5 Å². The van der Waals surface area contributed by atoms with Gasteiger partial charge in [0.25, 0.3) is 5.91 Å². The van der Waals surface area contributed by atoms with Crippen molar-refractivity contribution in [2.75, 3.05) is 17.0 Å². The Morgan fingerprint density at radius 1 is 1.09 bits per heavy atom. The van der Waals surface area contributed by atoms with E-state index in [1.165, 1.54) is 11.8 Å². The van der Waals surface area contributed by atoms with E-state index in [0.717, 1.165) is 10.5 Å². The average Bonchev–Trinajstić information content (AvgIpc) is 3.36. The lowest BCUT2D eigenvalue weighted by atomic mass is 10.1. The Morgan fingerprint density at radius 2 is 1.82 bits per heavy atom. The molecule has 0 aliphatic carbocycles. The van der Waals surface area contributed by atoms with E-state index in [-0.39, 0.29) is 43.9 Å². The third-order valence-electron chi connectivity index (χ3n) is 5.52. The Kier molecular flexibility index (Phi) is 6.30. The Hall–Kier alpha value is -3.88. The van der Waals surface area contributed by atoms with E-state index in [0.29, 0.717) is 29.3 Å². The van der Waals surface area contributed by atoms with Crippen LogP contribution in [0.3, 0.4) is 0 Å². The number of carbonyl (C=O) groups is 4. The van der Waals surface area contributed by atoms with Gasteiger partial charge in [-0.3, -0.25) is 19.2 Å². The molecule has 2 aliphatic heterocycles. The van der Waals surface area contributed by atoms with Crippen LogP contribution in [-0.4, -0.2) is 41.4 Å². The van der Waals surface area contributed by atoms with E-state index in [1.807, 2.05) is 13.0 Å². The standard InChI is InChI=1S/C24H25N3O6/c1-3-4-22(29)26(13-16-5-10-20-21(11-16)33-14-32-20)19-12-23(30)27(24(19)31)18-8-6-17(7-9-18)25-15(2)28/h5-11,19H,3-4,12-14H2,1-2H3,(H,25,28). The molecule has 1 unspecified atom stereocenters. The van der Waals surface area contributed by atoms with E-state index in [4.69, 9.17) is 9.47 Å². The second-order valence-electron chi connectivity index (χ2n) is 7.97. The summed E-state index contributed by atoms with van der Waals surface area (Å²) in [5, 5.41) is 2.65. The lowest BCUT2D eigenvalue weighted by Crippen LogP contribution is -2.45. The molecular formula is C24H25N3O6. The largest absolute Gasteiger partial charge is 0.454 e. The van der Waals surface area contributed by atoms with Crippen LogP contribution >= 0.6 is 0 Å². The Labute approximate surface area is 191 Å². The molecule has 172 valence electrons. The summed E-state index contributed by atoms with van der Waals surface area (Å²) in [6.45, 7) is 3.60. The number of rotatable bonds is 7. The molecule has 9 heteroatoms. The van der Waals surface area contributed by atoms with Gasteiger partial charge in [-0.05, 0) is 48.4 Å². The monoisotopic (exact) mass is 451 g/mol. The Balaban J connectivity index is 1.57. The number of ether oxygens (including phenoxy) is 2. The molecule has 2 aromatic rings. The lowest BCUT2D eigenvalue weighted by Gasteiger charge is -2.28. The van der Waals surface area contributed by atoms with Gasteiger partial charge in [0.1, 0.15) is 6.04 Å². The molecule has 9 nitrogen and oxygen atoms in total. The van der Waals surface area contributed by atoms with Crippen molar-refractivity contribution < 1.29 is 28.7 Å². The van der Waals surface area contributed by atoms with E-state index in [2.05, 4.69) is 5.32 Å². The van der Waals surface area contributed by atoms with E-state index in [1.54, 1.807) is 36.4 Å². The van der Waals surface area contributed by atoms with Gasteiger partial charge in [-0.15, -0.1) is 0 Å². The number of fused-ring (bicyclic) bond motifs is 1. The molecule has 2 aliphatic rings. The van der Waals surface area contributed by atoms with Crippen LogP contribution < -0.4 is 19.7 Å². The molecule has 1 atom stereocenters. The smallest absolute Gasteiger partial charge is 0.257 e. The molecule has 0 bridgehead atoms. The van der Waals surface area contributed by atoms with E-state index in [9.17, 15) is 19.2 Å². The molecule has 1 saturated heterocycles. The molecule has 0 aromatic heterocycles. The first-order valence-electron chi connectivity index (χ1n) is 10.8. The molecule has 0 saturated carbocycles. The van der Waals surface area contributed by atoms with Gasteiger partial charge in [-0.25, -0.2) is 4.90 Å². The highest BCUT2D eigenvalue weighted by Crippen LogP contribution is 2.34. The summed E-state index contributed by atoms with van der Waals surface area (Å²) in [6, 6.07) is 10.9. The zero-order chi connectivity index (χ0) is 23.5. The molecule has 2 aromatic carbocycles. The van der Waals surface area contributed by atoms with Crippen molar-refractivity contribution >= 4 is 35.0 Å². The maximum Gasteiger partial charge on any atom is 0.257 e. The lowest BCUT2D eigenvalue weighted by molar-refractivity contribution is -0.139. The van der Waals surface area contributed by atoms with Gasteiger partial charge in [0.05, 0.1) is 12.1 Å². The minimum absolute atomic E-state index is 0.0910. The predicted molar refractivity (Wildman–Crippen MR) is 120 cm³/mol. The van der Waals surface area contributed by atoms with Crippen LogP contribution in [0.25, 0.3) is 0 Å². The average molecular weight is 451 g/mol. The molecular weight excluding hydrogens is 426 g/mol. The van der Waals surface area contributed by atoms with E-state index < -0.39 is 11.9 Å². The molecule has 2 heterocycles. The second-order valence-corrected chi connectivity index (χ2v) is 7.97. The SMILES string of the molecule is CCCC(=O)N(Cc1ccc2c(c1)OCO2)C1CC(=O)N(c2ccc(NC(C)=O)cc2)C1=O. The highest BCUT2D eigenvalue weighted by molar-refractivity contribution is 6.23. The first kappa shape index (κ1) is 22.3. The van der Waals surface area contributed by atoms with Crippen molar-refractivity contribution in [3.63, 3.8) is 0 Å². The second kappa shape index (κ2) is 9.32. The number of amides is 4. The molecule has 1 N–H and O–H groups in total. The van der Waals surface area contributed by atoms with Crippen LogP contribution in [0.5, 0.6) is 11.5 Å². The van der Waals surface area contributed by atoms with Gasteiger partial charge in [0, 0.05) is 25.6 Å². The number of anilines is 2. The summed E-state index contributed by atoms with van der Waals surface area (Å²) >= 11 is 0. The van der Waals surface area contributed by atoms with Crippen LogP contribution in [-0.2, 0) is 25.7 Å². The Bertz CT molecular complexity index is 1100. The fourth-order valence-electron chi connectivity index (χ4n) is 3.99. The summed E-state index contributed by atoms with van der Waals surface area (Å²) in [5.74, 6) is -0.0139. The summed E-state index contributed by atoms with van der Waals surface area (Å²) in [6.07, 6.45) is 0.805. The number of hydrogen-bond donors (Lipinski definition) is 1. The van der Waals surface area contributed by atoms with Gasteiger partial charge >= 0.3 is 0 Å². The minimum atomic E-state index is -0.892. The van der Waals surface area contributed by atoms with Crippen molar-refractivity contribution in [2.24, 2.45) is 0 Å². The highest BCUT2D eigenvalue weighted by atomic mass is 16.7. The predicted octanol–water partition coefficient (Wildman–Crippen LogP) is 2.83. The van der Waals surface area contributed by atoms with E-state index >= 15 is 0 Å². The zero-order valence-corrected chi connectivity index (χ0v) is 18.5. The van der Waals surface area contributed by atoms with Gasteiger partial charge in [-0.1, -0.05) is 13.0 Å². The quantitative estimate of drug-likeness (QED) is 0.649. The van der Waals surface area contributed by atoms with Crippen LogP contribution in [0, 0.1) is 0 Å². The number of hydrogen-bond acceptors (Lipinski definition) is 6. The third-order valence-corrected chi connectivity index (χ3v) is 5.52. The maximum atomic E-state index is 13.3. The summed E-state index contributed by atoms with van der Waals surface area (Å²) in [5.41, 5.74) is 1.74. The molecule has 0 radical (unpaired) electrons. The Morgan fingerprint density at radius 3 is 2.52 bits per heavy atom.